The summed E-state index contributed by atoms with van der Waals surface area (Å²) in [5.41, 5.74) is 1.58. The largest absolute Gasteiger partial charge is 0.297 e. The first-order chi connectivity index (χ1) is 5.07. The van der Waals surface area contributed by atoms with Crippen LogP contribution in [0.1, 0.15) is 33.1 Å². The highest BCUT2D eigenvalue weighted by Crippen LogP contribution is 2.31. The van der Waals surface area contributed by atoms with Crippen molar-refractivity contribution in [1.29, 1.82) is 0 Å². The van der Waals surface area contributed by atoms with Gasteiger partial charge < -0.3 is 0 Å². The summed E-state index contributed by atoms with van der Waals surface area (Å²) in [5.74, 6) is 0. The van der Waals surface area contributed by atoms with Crippen LogP contribution >= 0.6 is 0 Å². The molecule has 1 saturated heterocycles. The lowest BCUT2D eigenvalue weighted by molar-refractivity contribution is 0.123. The highest BCUT2D eigenvalue weighted by Gasteiger charge is 2.31. The van der Waals surface area contributed by atoms with E-state index in [0.717, 1.165) is 0 Å². The van der Waals surface area contributed by atoms with E-state index < -0.39 is 0 Å². The Morgan fingerprint density at radius 3 is 2.45 bits per heavy atom. The molecule has 1 atom stereocenters. The van der Waals surface area contributed by atoms with Gasteiger partial charge in [0, 0.05) is 5.54 Å². The van der Waals surface area contributed by atoms with Crippen LogP contribution in [0.15, 0.2) is 12.2 Å². The van der Waals surface area contributed by atoms with Gasteiger partial charge in [-0.05, 0) is 40.3 Å². The van der Waals surface area contributed by atoms with Crippen LogP contribution in [-0.4, -0.2) is 24.0 Å². The summed E-state index contributed by atoms with van der Waals surface area (Å²) in [6.45, 7) is 9.73. The minimum absolute atomic E-state index is 0.276. The van der Waals surface area contributed by atoms with Gasteiger partial charge in [-0.1, -0.05) is 18.6 Å². The van der Waals surface area contributed by atoms with Crippen LogP contribution in [-0.2, 0) is 0 Å². The third kappa shape index (κ3) is 1.48. The van der Waals surface area contributed by atoms with Crippen molar-refractivity contribution in [2.24, 2.45) is 0 Å². The molecule has 0 saturated carbocycles. The Hall–Kier alpha value is -0.300. The van der Waals surface area contributed by atoms with Gasteiger partial charge in [-0.3, -0.25) is 4.90 Å². The molecule has 0 unspecified atom stereocenters. The summed E-state index contributed by atoms with van der Waals surface area (Å²) in [5, 5.41) is 0. The summed E-state index contributed by atoms with van der Waals surface area (Å²) < 4.78 is 0. The lowest BCUT2D eigenvalue weighted by atomic mass is 9.84. The van der Waals surface area contributed by atoms with Crippen molar-refractivity contribution in [2.75, 3.05) is 13.6 Å². The summed E-state index contributed by atoms with van der Waals surface area (Å²) in [7, 11) is 2.20. The molecule has 0 aromatic carbocycles. The van der Waals surface area contributed by atoms with E-state index in [-0.39, 0.29) is 5.54 Å². The van der Waals surface area contributed by atoms with E-state index in [1.54, 1.807) is 0 Å². The van der Waals surface area contributed by atoms with E-state index in [0.29, 0.717) is 0 Å². The first kappa shape index (κ1) is 8.79. The Bertz CT molecular complexity index is 162. The lowest BCUT2D eigenvalue weighted by Gasteiger charge is -2.43. The van der Waals surface area contributed by atoms with E-state index in [9.17, 15) is 0 Å². The second-order valence-corrected chi connectivity index (χ2v) is 3.93. The van der Waals surface area contributed by atoms with Crippen LogP contribution in [0.3, 0.4) is 0 Å². The Balaban J connectivity index is 2.72. The molecular formula is C10H19N. The summed E-state index contributed by atoms with van der Waals surface area (Å²) in [4.78, 5) is 2.43. The van der Waals surface area contributed by atoms with Gasteiger partial charge >= 0.3 is 0 Å². The average Bonchev–Trinajstić information content (AvgIpc) is 1.95. The van der Waals surface area contributed by atoms with E-state index in [1.807, 2.05) is 0 Å². The number of hydrogen-bond acceptors (Lipinski definition) is 1. The van der Waals surface area contributed by atoms with Crippen LogP contribution in [0.5, 0.6) is 0 Å². The number of hydrogen-bond donors (Lipinski definition) is 0. The third-order valence-electron chi connectivity index (χ3n) is 3.17. The van der Waals surface area contributed by atoms with Crippen molar-refractivity contribution >= 4 is 0 Å². The fourth-order valence-corrected chi connectivity index (χ4v) is 1.80. The molecule has 0 spiro atoms. The molecule has 1 fully saturated rings. The van der Waals surface area contributed by atoms with E-state index in [1.165, 1.54) is 31.4 Å². The zero-order valence-electron chi connectivity index (χ0n) is 7.98. The molecule has 1 heteroatoms. The Morgan fingerprint density at radius 1 is 1.45 bits per heavy atom. The molecular weight excluding hydrogens is 134 g/mol. The normalized spacial score (nSPS) is 33.7. The van der Waals surface area contributed by atoms with Gasteiger partial charge in [-0.25, -0.2) is 0 Å². The molecule has 1 rings (SSSR count). The summed E-state index contributed by atoms with van der Waals surface area (Å²) in [6, 6.07) is 0. The van der Waals surface area contributed by atoms with Crippen LogP contribution in [0.2, 0.25) is 0 Å². The number of rotatable bonds is 1. The third-order valence-corrected chi connectivity index (χ3v) is 3.17. The smallest absolute Gasteiger partial charge is 0.0384 e. The number of likely N-dealkylation sites (tertiary alicyclic amines) is 1. The maximum absolute atomic E-state index is 4.06. The van der Waals surface area contributed by atoms with Gasteiger partial charge in [0.1, 0.15) is 0 Å². The van der Waals surface area contributed by atoms with Crippen LogP contribution in [0.25, 0.3) is 0 Å². The Labute approximate surface area is 70.1 Å². The fourth-order valence-electron chi connectivity index (χ4n) is 1.80. The monoisotopic (exact) mass is 153 g/mol. The maximum atomic E-state index is 4.06. The minimum Gasteiger partial charge on any atom is -0.297 e. The van der Waals surface area contributed by atoms with Crippen LogP contribution in [0, 0.1) is 0 Å². The molecule has 0 aromatic rings. The Kier molecular flexibility index (Phi) is 2.38. The number of nitrogens with zero attached hydrogens (tertiary/aromatic N) is 1. The van der Waals surface area contributed by atoms with E-state index in [2.05, 4.69) is 32.4 Å². The van der Waals surface area contributed by atoms with Crippen molar-refractivity contribution < 1.29 is 0 Å². The highest BCUT2D eigenvalue weighted by molar-refractivity contribution is 5.13. The SMILES string of the molecule is C=C(C)[C@@]1(C)CCCCN1C. The first-order valence-electron chi connectivity index (χ1n) is 4.44. The molecule has 0 radical (unpaired) electrons. The topological polar surface area (TPSA) is 3.24 Å². The van der Waals surface area contributed by atoms with Gasteiger partial charge in [-0.2, -0.15) is 0 Å². The lowest BCUT2D eigenvalue weighted by Crippen LogP contribution is -2.47. The van der Waals surface area contributed by atoms with Crippen molar-refractivity contribution in [2.45, 2.75) is 38.6 Å². The molecule has 0 N–H and O–H groups in total. The molecule has 0 bridgehead atoms. The zero-order valence-corrected chi connectivity index (χ0v) is 7.98. The van der Waals surface area contributed by atoms with Gasteiger partial charge in [0.25, 0.3) is 0 Å². The van der Waals surface area contributed by atoms with Crippen LogP contribution < -0.4 is 0 Å². The Morgan fingerprint density at radius 2 is 2.09 bits per heavy atom. The average molecular weight is 153 g/mol. The molecule has 0 aliphatic carbocycles. The van der Waals surface area contributed by atoms with Gasteiger partial charge in [0.05, 0.1) is 0 Å². The van der Waals surface area contributed by atoms with Crippen molar-refractivity contribution in [3.05, 3.63) is 12.2 Å². The molecule has 0 amide bonds. The zero-order chi connectivity index (χ0) is 8.48. The maximum Gasteiger partial charge on any atom is 0.0384 e. The minimum atomic E-state index is 0.276. The van der Waals surface area contributed by atoms with Gasteiger partial charge in [0.15, 0.2) is 0 Å². The molecule has 1 heterocycles. The quantitative estimate of drug-likeness (QED) is 0.523. The first-order valence-corrected chi connectivity index (χ1v) is 4.44. The van der Waals surface area contributed by atoms with Crippen molar-refractivity contribution in [1.82, 2.24) is 4.90 Å². The number of likely N-dealkylation sites (N-methyl/N-ethyl adjacent to an activating group) is 1. The van der Waals surface area contributed by atoms with E-state index in [4.69, 9.17) is 0 Å². The summed E-state index contributed by atoms with van der Waals surface area (Å²) in [6.07, 6.45) is 3.98. The molecule has 11 heavy (non-hydrogen) atoms. The predicted octanol–water partition coefficient (Wildman–Crippen LogP) is 2.44. The van der Waals surface area contributed by atoms with Gasteiger partial charge in [0.2, 0.25) is 0 Å². The second kappa shape index (κ2) is 2.98. The highest BCUT2D eigenvalue weighted by atomic mass is 15.2. The molecule has 1 aliphatic heterocycles. The fraction of sp³-hybridized carbons (Fsp3) is 0.800. The number of piperidine rings is 1. The van der Waals surface area contributed by atoms with Crippen molar-refractivity contribution in [3.8, 4) is 0 Å². The van der Waals surface area contributed by atoms with Crippen LogP contribution in [0.4, 0.5) is 0 Å². The van der Waals surface area contributed by atoms with E-state index >= 15 is 0 Å². The molecule has 64 valence electrons. The predicted molar refractivity (Wildman–Crippen MR) is 49.7 cm³/mol. The molecule has 1 nitrogen and oxygen atoms in total. The second-order valence-electron chi connectivity index (χ2n) is 3.93. The molecule has 0 aromatic heterocycles. The summed E-state index contributed by atoms with van der Waals surface area (Å²) >= 11 is 0. The van der Waals surface area contributed by atoms with Crippen molar-refractivity contribution in [3.63, 3.8) is 0 Å². The molecule has 1 aliphatic rings. The van der Waals surface area contributed by atoms with Gasteiger partial charge in [-0.15, -0.1) is 0 Å². The standard InChI is InChI=1S/C10H19N/c1-9(2)10(3)7-5-6-8-11(10)4/h1,5-8H2,2-4H3/t10-/m1/s1.